The third-order valence-corrected chi connectivity index (χ3v) is 2.94. The Kier molecular flexibility index (Phi) is 3.24. The summed E-state index contributed by atoms with van der Waals surface area (Å²) in [5, 5.41) is 7.53. The highest BCUT2D eigenvalue weighted by Crippen LogP contribution is 2.14. The normalized spacial score (nSPS) is 20.8. The van der Waals surface area contributed by atoms with E-state index in [1.807, 2.05) is 19.0 Å². The Hall–Kier alpha value is -1.36. The molecule has 0 aromatic carbocycles. The summed E-state index contributed by atoms with van der Waals surface area (Å²) in [5.74, 6) is 0. The number of piperidine rings is 1. The molecule has 1 aromatic heterocycles. The molecule has 1 aromatic rings. The van der Waals surface area contributed by atoms with Crippen LogP contribution in [0.1, 0.15) is 18.9 Å². The van der Waals surface area contributed by atoms with E-state index in [1.54, 1.807) is 16.9 Å². The average molecular weight is 222 g/mol. The van der Waals surface area contributed by atoms with Gasteiger partial charge >= 0.3 is 0 Å². The topological polar surface area (TPSA) is 50.2 Å². The Balaban J connectivity index is 2.25. The number of aromatic nitrogens is 2. The van der Waals surface area contributed by atoms with Crippen LogP contribution in [0.3, 0.4) is 0 Å². The van der Waals surface area contributed by atoms with Crippen LogP contribution in [0.2, 0.25) is 0 Å². The third-order valence-electron chi connectivity index (χ3n) is 2.94. The molecule has 0 amide bonds. The van der Waals surface area contributed by atoms with Gasteiger partial charge in [-0.3, -0.25) is 4.79 Å². The van der Waals surface area contributed by atoms with E-state index in [4.69, 9.17) is 0 Å². The zero-order valence-electron chi connectivity index (χ0n) is 9.81. The van der Waals surface area contributed by atoms with Crippen LogP contribution in [-0.4, -0.2) is 37.0 Å². The van der Waals surface area contributed by atoms with Crippen molar-refractivity contribution >= 4 is 5.69 Å². The largest absolute Gasteiger partial charge is 0.376 e. The van der Waals surface area contributed by atoms with Crippen molar-refractivity contribution in [3.63, 3.8) is 0 Å². The smallest absolute Gasteiger partial charge is 0.269 e. The molecule has 1 unspecified atom stereocenters. The lowest BCUT2D eigenvalue weighted by Gasteiger charge is -2.24. The number of anilines is 1. The molecule has 1 saturated heterocycles. The molecule has 1 aliphatic heterocycles. The van der Waals surface area contributed by atoms with Gasteiger partial charge in [0.1, 0.15) is 0 Å². The van der Waals surface area contributed by atoms with Gasteiger partial charge in [-0.2, -0.15) is 5.10 Å². The standard InChI is InChI=1S/C11H18N4O/c1-14(2)10-6-11(16)15(13-8-10)9-4-3-5-12-7-9/h6,8-9,12H,3-5,7H2,1-2H3. The van der Waals surface area contributed by atoms with Gasteiger partial charge in [0, 0.05) is 26.7 Å². The third kappa shape index (κ3) is 2.24. The van der Waals surface area contributed by atoms with E-state index in [1.165, 1.54) is 0 Å². The lowest BCUT2D eigenvalue weighted by atomic mass is 10.1. The van der Waals surface area contributed by atoms with Crippen molar-refractivity contribution in [2.45, 2.75) is 18.9 Å². The molecule has 5 nitrogen and oxygen atoms in total. The molecule has 0 radical (unpaired) electrons. The monoisotopic (exact) mass is 222 g/mol. The van der Waals surface area contributed by atoms with E-state index in [0.29, 0.717) is 0 Å². The highest BCUT2D eigenvalue weighted by atomic mass is 16.1. The Bertz CT molecular complexity index is 407. The van der Waals surface area contributed by atoms with Crippen LogP contribution in [0.5, 0.6) is 0 Å². The van der Waals surface area contributed by atoms with E-state index in [9.17, 15) is 4.79 Å². The minimum Gasteiger partial charge on any atom is -0.376 e. The first-order valence-electron chi connectivity index (χ1n) is 5.65. The molecule has 16 heavy (non-hydrogen) atoms. The van der Waals surface area contributed by atoms with Crippen molar-refractivity contribution in [1.82, 2.24) is 15.1 Å². The highest BCUT2D eigenvalue weighted by Gasteiger charge is 2.16. The first-order chi connectivity index (χ1) is 7.68. The van der Waals surface area contributed by atoms with Crippen molar-refractivity contribution < 1.29 is 0 Å². The van der Waals surface area contributed by atoms with Gasteiger partial charge in [-0.05, 0) is 19.4 Å². The molecular formula is C11H18N4O. The summed E-state index contributed by atoms with van der Waals surface area (Å²) < 4.78 is 1.60. The maximum absolute atomic E-state index is 11.9. The second kappa shape index (κ2) is 4.65. The van der Waals surface area contributed by atoms with Crippen LogP contribution in [0.15, 0.2) is 17.1 Å². The molecule has 1 aliphatic rings. The Morgan fingerprint density at radius 2 is 2.38 bits per heavy atom. The maximum atomic E-state index is 11.9. The fourth-order valence-corrected chi connectivity index (χ4v) is 1.97. The van der Waals surface area contributed by atoms with Crippen molar-refractivity contribution in [2.75, 3.05) is 32.1 Å². The minimum absolute atomic E-state index is 0.0140. The van der Waals surface area contributed by atoms with Gasteiger partial charge in [0.05, 0.1) is 17.9 Å². The van der Waals surface area contributed by atoms with Gasteiger partial charge in [-0.25, -0.2) is 4.68 Å². The van der Waals surface area contributed by atoms with Crippen molar-refractivity contribution in [1.29, 1.82) is 0 Å². The van der Waals surface area contributed by atoms with Crippen LogP contribution in [0.25, 0.3) is 0 Å². The highest BCUT2D eigenvalue weighted by molar-refractivity contribution is 5.40. The molecule has 2 rings (SSSR count). The second-order valence-electron chi connectivity index (χ2n) is 4.39. The minimum atomic E-state index is -0.0140. The Morgan fingerprint density at radius 3 is 2.94 bits per heavy atom. The van der Waals surface area contributed by atoms with Crippen LogP contribution >= 0.6 is 0 Å². The summed E-state index contributed by atoms with van der Waals surface area (Å²) in [7, 11) is 3.81. The number of nitrogens with zero attached hydrogens (tertiary/aromatic N) is 3. The molecule has 5 heteroatoms. The van der Waals surface area contributed by atoms with E-state index in [-0.39, 0.29) is 11.6 Å². The van der Waals surface area contributed by atoms with E-state index in [2.05, 4.69) is 10.4 Å². The summed E-state index contributed by atoms with van der Waals surface area (Å²) >= 11 is 0. The summed E-state index contributed by atoms with van der Waals surface area (Å²) in [6.45, 7) is 1.88. The van der Waals surface area contributed by atoms with Gasteiger partial charge < -0.3 is 10.2 Å². The maximum Gasteiger partial charge on any atom is 0.269 e. The van der Waals surface area contributed by atoms with Crippen LogP contribution in [-0.2, 0) is 0 Å². The van der Waals surface area contributed by atoms with Gasteiger partial charge in [0.25, 0.3) is 5.56 Å². The van der Waals surface area contributed by atoms with Gasteiger partial charge in [-0.15, -0.1) is 0 Å². The molecule has 1 atom stereocenters. The first kappa shape index (κ1) is 11.1. The molecule has 1 N–H and O–H groups in total. The summed E-state index contributed by atoms with van der Waals surface area (Å²) in [6, 6.07) is 1.85. The van der Waals surface area contributed by atoms with E-state index >= 15 is 0 Å². The summed E-state index contributed by atoms with van der Waals surface area (Å²) in [5.41, 5.74) is 0.838. The molecule has 88 valence electrons. The molecule has 1 fully saturated rings. The first-order valence-corrected chi connectivity index (χ1v) is 5.65. The van der Waals surface area contributed by atoms with Gasteiger partial charge in [-0.1, -0.05) is 0 Å². The van der Waals surface area contributed by atoms with E-state index in [0.717, 1.165) is 31.6 Å². The SMILES string of the molecule is CN(C)c1cnn(C2CCCNC2)c(=O)c1. The fraction of sp³-hybridized carbons (Fsp3) is 0.636. The van der Waals surface area contributed by atoms with Gasteiger partial charge in [0.15, 0.2) is 0 Å². The number of hydrogen-bond acceptors (Lipinski definition) is 4. The quantitative estimate of drug-likeness (QED) is 0.778. The predicted octanol–water partition coefficient (Wildman–Crippen LogP) is 0.234. The van der Waals surface area contributed by atoms with Crippen LogP contribution in [0.4, 0.5) is 5.69 Å². The molecule has 2 heterocycles. The Morgan fingerprint density at radius 1 is 1.56 bits per heavy atom. The average Bonchev–Trinajstić information content (AvgIpc) is 2.30. The lowest BCUT2D eigenvalue weighted by molar-refractivity contribution is 0.335. The molecule has 0 aliphatic carbocycles. The van der Waals surface area contributed by atoms with Crippen molar-refractivity contribution in [3.05, 3.63) is 22.6 Å². The van der Waals surface area contributed by atoms with E-state index < -0.39 is 0 Å². The van der Waals surface area contributed by atoms with Crippen LogP contribution in [0, 0.1) is 0 Å². The molecule has 0 saturated carbocycles. The van der Waals surface area contributed by atoms with Crippen molar-refractivity contribution in [3.8, 4) is 0 Å². The molecular weight excluding hydrogens is 204 g/mol. The predicted molar refractivity (Wildman–Crippen MR) is 64.0 cm³/mol. The number of hydrogen-bond donors (Lipinski definition) is 1. The van der Waals surface area contributed by atoms with Crippen LogP contribution < -0.4 is 15.8 Å². The summed E-state index contributed by atoms with van der Waals surface area (Å²) in [4.78, 5) is 13.8. The summed E-state index contributed by atoms with van der Waals surface area (Å²) in [6.07, 6.45) is 3.88. The fourth-order valence-electron chi connectivity index (χ4n) is 1.97. The Labute approximate surface area is 95.1 Å². The lowest BCUT2D eigenvalue weighted by Crippen LogP contribution is -2.37. The molecule has 0 spiro atoms. The molecule has 0 bridgehead atoms. The zero-order chi connectivity index (χ0) is 11.5. The van der Waals surface area contributed by atoms with Gasteiger partial charge in [0.2, 0.25) is 0 Å². The second-order valence-corrected chi connectivity index (χ2v) is 4.39. The van der Waals surface area contributed by atoms with Crippen molar-refractivity contribution in [2.24, 2.45) is 0 Å². The number of nitrogens with one attached hydrogen (secondary N) is 1. The zero-order valence-corrected chi connectivity index (χ0v) is 9.81. The number of rotatable bonds is 2.